The van der Waals surface area contributed by atoms with E-state index in [1.165, 1.54) is 48.7 Å². The minimum atomic E-state index is -0.485. The van der Waals surface area contributed by atoms with Crippen LogP contribution in [-0.4, -0.2) is 16.1 Å². The van der Waals surface area contributed by atoms with Gasteiger partial charge in [0.15, 0.2) is 0 Å². The first kappa shape index (κ1) is 26.1. The minimum Gasteiger partial charge on any atom is -0.481 e. The van der Waals surface area contributed by atoms with Crippen LogP contribution in [0.2, 0.25) is 0 Å². The van der Waals surface area contributed by atoms with Crippen molar-refractivity contribution >= 4 is 16.9 Å². The number of para-hydroxylation sites is 1. The van der Waals surface area contributed by atoms with E-state index in [1.54, 1.807) is 5.56 Å². The first-order valence-electron chi connectivity index (χ1n) is 16.1. The van der Waals surface area contributed by atoms with Crippen LogP contribution < -0.4 is 0 Å². The third kappa shape index (κ3) is 2.99. The van der Waals surface area contributed by atoms with E-state index >= 15 is 0 Å². The summed E-state index contributed by atoms with van der Waals surface area (Å²) < 4.78 is 0. The molecule has 4 fully saturated rings. The predicted octanol–water partition coefficient (Wildman–Crippen LogP) is 9.00. The number of H-pyrrole nitrogens is 1. The van der Waals surface area contributed by atoms with Gasteiger partial charge in [-0.2, -0.15) is 0 Å². The van der Waals surface area contributed by atoms with Crippen LogP contribution in [0, 0.1) is 57.2 Å². The SMILES string of the molecule is CC(C)[C@@H]1CC[C@]2(C(=O)O)CC[C@]3(C)C(CCC4[C@@]5(C)Cc6c([nH]c7ccccc67)C(C)(C)C5CC[C@]43C)C12. The molecular weight excluding hydrogens is 478 g/mol. The number of hydrogen-bond donors (Lipinski definition) is 2. The van der Waals surface area contributed by atoms with Crippen LogP contribution in [0.15, 0.2) is 24.3 Å². The molecule has 1 heterocycles. The fourth-order valence-corrected chi connectivity index (χ4v) is 13.0. The van der Waals surface area contributed by atoms with Gasteiger partial charge in [0.2, 0.25) is 0 Å². The Bertz CT molecular complexity index is 1340. The molecule has 2 N–H and O–H groups in total. The smallest absolute Gasteiger partial charge is 0.309 e. The van der Waals surface area contributed by atoms with Gasteiger partial charge in [0.25, 0.3) is 0 Å². The zero-order valence-electron chi connectivity index (χ0n) is 25.5. The normalized spacial score (nSPS) is 46.2. The highest BCUT2D eigenvalue weighted by Gasteiger charge is 2.72. The molecule has 7 rings (SSSR count). The number of aromatic nitrogens is 1. The highest BCUT2D eigenvalue weighted by molar-refractivity contribution is 5.85. The average molecular weight is 530 g/mol. The van der Waals surface area contributed by atoms with E-state index in [1.807, 2.05) is 0 Å². The molecule has 3 nitrogen and oxygen atoms in total. The zero-order valence-corrected chi connectivity index (χ0v) is 25.5. The maximum absolute atomic E-state index is 13.0. The predicted molar refractivity (Wildman–Crippen MR) is 159 cm³/mol. The molecule has 212 valence electrons. The molecule has 5 aliphatic rings. The number of aliphatic carboxylic acids is 1. The average Bonchev–Trinajstić information content (AvgIpc) is 3.45. The molecule has 1 aromatic carbocycles. The maximum Gasteiger partial charge on any atom is 0.309 e. The van der Waals surface area contributed by atoms with Crippen molar-refractivity contribution in [3.63, 3.8) is 0 Å². The number of nitrogens with one attached hydrogen (secondary N) is 1. The lowest BCUT2D eigenvalue weighted by Gasteiger charge is -2.72. The van der Waals surface area contributed by atoms with Gasteiger partial charge in [-0.1, -0.05) is 66.7 Å². The van der Waals surface area contributed by atoms with Crippen molar-refractivity contribution in [2.45, 2.75) is 112 Å². The van der Waals surface area contributed by atoms with Crippen molar-refractivity contribution in [2.24, 2.45) is 57.2 Å². The number of carbonyl (C=O) groups is 1. The third-order valence-electron chi connectivity index (χ3n) is 14.9. The second kappa shape index (κ2) is 7.95. The standard InChI is InChI=1S/C36H51NO2/c1-21(2)22-14-17-36(31(38)39)19-18-34(6)25(29(22)36)12-13-28-33(5)20-24-23-10-8-9-11-26(23)37-30(24)32(3,4)27(33)15-16-35(28,34)7/h8-11,21-22,25,27-29,37H,12-20H2,1-7H3,(H,38,39)/t22-,25?,27?,28?,29?,33-,34+,35+,36-/m0/s1. The molecule has 0 bridgehead atoms. The van der Waals surface area contributed by atoms with Crippen LogP contribution >= 0.6 is 0 Å². The monoisotopic (exact) mass is 529 g/mol. The minimum absolute atomic E-state index is 0.125. The maximum atomic E-state index is 13.0. The molecule has 3 heteroatoms. The van der Waals surface area contributed by atoms with E-state index in [2.05, 4.69) is 77.7 Å². The Balaban J connectivity index is 1.33. The zero-order chi connectivity index (χ0) is 27.8. The fraction of sp³-hybridized carbons (Fsp3) is 0.750. The van der Waals surface area contributed by atoms with Crippen LogP contribution in [0.4, 0.5) is 0 Å². The van der Waals surface area contributed by atoms with E-state index in [0.29, 0.717) is 35.5 Å². The van der Waals surface area contributed by atoms with E-state index in [0.717, 1.165) is 25.7 Å². The second-order valence-electron chi connectivity index (χ2n) is 16.5. The van der Waals surface area contributed by atoms with Crippen molar-refractivity contribution < 1.29 is 9.90 Å². The van der Waals surface area contributed by atoms with Gasteiger partial charge in [-0.3, -0.25) is 4.79 Å². The molecular formula is C36H51NO2. The fourth-order valence-electron chi connectivity index (χ4n) is 13.0. The largest absolute Gasteiger partial charge is 0.481 e. The summed E-state index contributed by atoms with van der Waals surface area (Å²) in [5.41, 5.74) is 4.76. The van der Waals surface area contributed by atoms with Crippen LogP contribution in [0.1, 0.15) is 111 Å². The van der Waals surface area contributed by atoms with Crippen molar-refractivity contribution in [3.05, 3.63) is 35.5 Å². The molecule has 4 saturated carbocycles. The molecule has 0 saturated heterocycles. The molecule has 1 aromatic heterocycles. The van der Waals surface area contributed by atoms with Crippen LogP contribution in [0.25, 0.3) is 10.9 Å². The molecule has 0 radical (unpaired) electrons. The van der Waals surface area contributed by atoms with Gasteiger partial charge < -0.3 is 10.1 Å². The van der Waals surface area contributed by atoms with Crippen LogP contribution in [0.5, 0.6) is 0 Å². The molecule has 5 aliphatic carbocycles. The van der Waals surface area contributed by atoms with E-state index in [4.69, 9.17) is 0 Å². The van der Waals surface area contributed by atoms with Gasteiger partial charge in [-0.25, -0.2) is 0 Å². The molecule has 39 heavy (non-hydrogen) atoms. The first-order valence-corrected chi connectivity index (χ1v) is 16.1. The summed E-state index contributed by atoms with van der Waals surface area (Å²) >= 11 is 0. The van der Waals surface area contributed by atoms with Crippen molar-refractivity contribution in [1.82, 2.24) is 4.98 Å². The Labute approximate surface area is 235 Å². The highest BCUT2D eigenvalue weighted by Crippen LogP contribution is 2.77. The Morgan fingerprint density at radius 2 is 1.64 bits per heavy atom. The number of benzene rings is 1. The molecule has 2 aromatic rings. The summed E-state index contributed by atoms with van der Waals surface area (Å²) in [4.78, 5) is 16.9. The Kier molecular flexibility index (Phi) is 5.33. The molecule has 0 aliphatic heterocycles. The second-order valence-corrected chi connectivity index (χ2v) is 16.5. The molecule has 4 unspecified atom stereocenters. The van der Waals surface area contributed by atoms with E-state index < -0.39 is 11.4 Å². The lowest BCUT2D eigenvalue weighted by Crippen LogP contribution is -2.67. The number of aromatic amines is 1. The van der Waals surface area contributed by atoms with E-state index in [-0.39, 0.29) is 21.7 Å². The summed E-state index contributed by atoms with van der Waals surface area (Å²) in [7, 11) is 0. The number of hydrogen-bond acceptors (Lipinski definition) is 1. The molecule has 0 amide bonds. The lowest BCUT2D eigenvalue weighted by molar-refractivity contribution is -0.230. The quantitative estimate of drug-likeness (QED) is 0.408. The number of carboxylic acid groups (broad SMARTS) is 1. The van der Waals surface area contributed by atoms with E-state index in [9.17, 15) is 9.90 Å². The van der Waals surface area contributed by atoms with Gasteiger partial charge in [0.05, 0.1) is 5.41 Å². The Hall–Kier alpha value is -1.77. The Morgan fingerprint density at radius 3 is 2.36 bits per heavy atom. The van der Waals surface area contributed by atoms with Gasteiger partial charge in [0.1, 0.15) is 0 Å². The summed E-state index contributed by atoms with van der Waals surface area (Å²) in [6, 6.07) is 8.97. The summed E-state index contributed by atoms with van der Waals surface area (Å²) in [6.45, 7) is 17.7. The van der Waals surface area contributed by atoms with Crippen LogP contribution in [-0.2, 0) is 16.6 Å². The van der Waals surface area contributed by atoms with Gasteiger partial charge in [-0.15, -0.1) is 0 Å². The van der Waals surface area contributed by atoms with Crippen molar-refractivity contribution in [3.8, 4) is 0 Å². The third-order valence-corrected chi connectivity index (χ3v) is 14.9. The van der Waals surface area contributed by atoms with Crippen LogP contribution in [0.3, 0.4) is 0 Å². The topological polar surface area (TPSA) is 53.1 Å². The number of fused-ring (bicyclic) bond motifs is 10. The number of rotatable bonds is 2. The lowest BCUT2D eigenvalue weighted by atomic mass is 9.32. The van der Waals surface area contributed by atoms with Crippen molar-refractivity contribution in [2.75, 3.05) is 0 Å². The Morgan fingerprint density at radius 1 is 0.897 bits per heavy atom. The highest BCUT2D eigenvalue weighted by atomic mass is 16.4. The molecule has 9 atom stereocenters. The van der Waals surface area contributed by atoms with Gasteiger partial charge >= 0.3 is 5.97 Å². The van der Waals surface area contributed by atoms with Gasteiger partial charge in [-0.05, 0) is 121 Å². The molecule has 0 spiro atoms. The summed E-state index contributed by atoms with van der Waals surface area (Å²) in [5.74, 6) is 2.88. The van der Waals surface area contributed by atoms with Crippen molar-refractivity contribution in [1.29, 1.82) is 0 Å². The summed E-state index contributed by atoms with van der Waals surface area (Å²) in [5, 5.41) is 12.1. The van der Waals surface area contributed by atoms with Gasteiger partial charge in [0, 0.05) is 22.0 Å². The first-order chi connectivity index (χ1) is 18.3. The summed E-state index contributed by atoms with van der Waals surface area (Å²) in [6.07, 6.45) is 10.3. The number of carboxylic acids is 1.